The summed E-state index contributed by atoms with van der Waals surface area (Å²) in [5, 5.41) is 12.4. The Kier molecular flexibility index (Phi) is 4.97. The Morgan fingerprint density at radius 2 is 2.06 bits per heavy atom. The first-order chi connectivity index (χ1) is 8.00. The molecule has 0 aliphatic carbocycles. The second-order valence-electron chi connectivity index (χ2n) is 4.84. The molecule has 96 valence electrons. The van der Waals surface area contributed by atoms with Crippen molar-refractivity contribution in [3.63, 3.8) is 0 Å². The number of aliphatic hydroxyl groups excluding tert-OH is 1. The number of aryl methyl sites for hydroxylation is 2. The van der Waals surface area contributed by atoms with Gasteiger partial charge in [0.15, 0.2) is 0 Å². The van der Waals surface area contributed by atoms with Crippen molar-refractivity contribution in [3.8, 4) is 5.75 Å². The van der Waals surface area contributed by atoms with Crippen molar-refractivity contribution in [2.24, 2.45) is 0 Å². The molecule has 0 aromatic heterocycles. The molecule has 0 saturated carbocycles. The van der Waals surface area contributed by atoms with Gasteiger partial charge in [0.2, 0.25) is 0 Å². The van der Waals surface area contributed by atoms with Crippen molar-refractivity contribution in [2.45, 2.75) is 32.7 Å². The van der Waals surface area contributed by atoms with Gasteiger partial charge in [-0.05, 0) is 45.0 Å². The van der Waals surface area contributed by atoms with E-state index in [0.717, 1.165) is 17.7 Å². The minimum Gasteiger partial charge on any atom is -0.493 e. The second kappa shape index (κ2) is 6.03. The molecule has 1 aromatic rings. The van der Waals surface area contributed by atoms with Crippen LogP contribution in [0.15, 0.2) is 18.2 Å². The maximum Gasteiger partial charge on any atom is 0.122 e. The van der Waals surface area contributed by atoms with E-state index in [-0.39, 0.29) is 12.1 Å². The number of aliphatic hydroxyl groups is 1. The molecule has 1 atom stereocenters. The van der Waals surface area contributed by atoms with Gasteiger partial charge in [-0.2, -0.15) is 0 Å². The minimum atomic E-state index is -0.266. The van der Waals surface area contributed by atoms with E-state index >= 15 is 0 Å². The van der Waals surface area contributed by atoms with Crippen LogP contribution < -0.4 is 10.1 Å². The zero-order valence-electron chi connectivity index (χ0n) is 11.2. The highest BCUT2D eigenvalue weighted by Crippen LogP contribution is 2.20. The summed E-state index contributed by atoms with van der Waals surface area (Å²) in [5.74, 6) is 0.932. The predicted molar refractivity (Wildman–Crippen MR) is 70.6 cm³/mol. The Bertz CT molecular complexity index is 359. The molecule has 0 spiro atoms. The minimum absolute atomic E-state index is 0.111. The predicted octanol–water partition coefficient (Wildman–Crippen LogP) is 2.04. The van der Waals surface area contributed by atoms with Gasteiger partial charge >= 0.3 is 0 Å². The second-order valence-corrected chi connectivity index (χ2v) is 4.84. The van der Waals surface area contributed by atoms with Crippen LogP contribution in [0.5, 0.6) is 5.75 Å². The van der Waals surface area contributed by atoms with Gasteiger partial charge < -0.3 is 15.2 Å². The number of hydrogen-bond donors (Lipinski definition) is 2. The number of ether oxygens (including phenoxy) is 1. The SMILES string of the molecule is CNC(C)(CO)CCOc1cc(C)ccc1C. The maximum atomic E-state index is 9.26. The average molecular weight is 237 g/mol. The van der Waals surface area contributed by atoms with E-state index in [1.165, 1.54) is 5.56 Å². The van der Waals surface area contributed by atoms with Gasteiger partial charge in [0.1, 0.15) is 5.75 Å². The van der Waals surface area contributed by atoms with Crippen LogP contribution in [0.2, 0.25) is 0 Å². The van der Waals surface area contributed by atoms with Gasteiger partial charge in [0.25, 0.3) is 0 Å². The van der Waals surface area contributed by atoms with Crippen LogP contribution >= 0.6 is 0 Å². The summed E-state index contributed by atoms with van der Waals surface area (Å²) in [6.45, 7) is 6.79. The smallest absolute Gasteiger partial charge is 0.122 e. The molecule has 0 aliphatic heterocycles. The summed E-state index contributed by atoms with van der Waals surface area (Å²) in [6, 6.07) is 6.19. The fraction of sp³-hybridized carbons (Fsp3) is 0.571. The molecular weight excluding hydrogens is 214 g/mol. The number of rotatable bonds is 6. The number of nitrogens with one attached hydrogen (secondary N) is 1. The highest BCUT2D eigenvalue weighted by atomic mass is 16.5. The van der Waals surface area contributed by atoms with Crippen LogP contribution in [0.25, 0.3) is 0 Å². The van der Waals surface area contributed by atoms with Crippen molar-refractivity contribution in [2.75, 3.05) is 20.3 Å². The lowest BCUT2D eigenvalue weighted by atomic mass is 10.0. The van der Waals surface area contributed by atoms with Crippen LogP contribution in [0.4, 0.5) is 0 Å². The molecule has 0 fully saturated rings. The fourth-order valence-corrected chi connectivity index (χ4v) is 1.53. The molecule has 1 aromatic carbocycles. The largest absolute Gasteiger partial charge is 0.493 e. The number of benzene rings is 1. The van der Waals surface area contributed by atoms with Crippen molar-refractivity contribution in [1.82, 2.24) is 5.32 Å². The molecule has 17 heavy (non-hydrogen) atoms. The monoisotopic (exact) mass is 237 g/mol. The Hall–Kier alpha value is -1.06. The lowest BCUT2D eigenvalue weighted by molar-refractivity contribution is 0.151. The fourth-order valence-electron chi connectivity index (χ4n) is 1.53. The third kappa shape index (κ3) is 4.02. The average Bonchev–Trinajstić information content (AvgIpc) is 2.33. The Labute approximate surface area is 104 Å². The van der Waals surface area contributed by atoms with Gasteiger partial charge in [-0.25, -0.2) is 0 Å². The molecule has 0 bridgehead atoms. The van der Waals surface area contributed by atoms with Crippen LogP contribution in [-0.2, 0) is 0 Å². The Balaban J connectivity index is 2.53. The third-order valence-electron chi connectivity index (χ3n) is 3.21. The normalized spacial score (nSPS) is 14.4. The third-order valence-corrected chi connectivity index (χ3v) is 3.21. The van der Waals surface area contributed by atoms with Crippen LogP contribution in [-0.4, -0.2) is 30.9 Å². The highest BCUT2D eigenvalue weighted by molar-refractivity contribution is 5.35. The van der Waals surface area contributed by atoms with Gasteiger partial charge in [-0.3, -0.25) is 0 Å². The van der Waals surface area contributed by atoms with E-state index < -0.39 is 0 Å². The van der Waals surface area contributed by atoms with Gasteiger partial charge in [-0.15, -0.1) is 0 Å². The molecule has 0 aliphatic rings. The van der Waals surface area contributed by atoms with Crippen LogP contribution in [0, 0.1) is 13.8 Å². The molecule has 0 saturated heterocycles. The molecule has 0 heterocycles. The van der Waals surface area contributed by atoms with Crippen molar-refractivity contribution in [1.29, 1.82) is 0 Å². The summed E-state index contributed by atoms with van der Waals surface area (Å²) in [4.78, 5) is 0. The van der Waals surface area contributed by atoms with Gasteiger partial charge in [0, 0.05) is 12.0 Å². The first-order valence-electron chi connectivity index (χ1n) is 6.00. The van der Waals surface area contributed by atoms with Crippen molar-refractivity contribution >= 4 is 0 Å². The zero-order valence-corrected chi connectivity index (χ0v) is 11.2. The van der Waals surface area contributed by atoms with Crippen LogP contribution in [0.3, 0.4) is 0 Å². The quantitative estimate of drug-likeness (QED) is 0.795. The molecule has 0 amide bonds. The van der Waals surface area contributed by atoms with Crippen LogP contribution in [0.1, 0.15) is 24.5 Å². The van der Waals surface area contributed by atoms with E-state index in [1.54, 1.807) is 0 Å². The van der Waals surface area contributed by atoms with Crippen molar-refractivity contribution in [3.05, 3.63) is 29.3 Å². The summed E-state index contributed by atoms with van der Waals surface area (Å²) in [6.07, 6.45) is 0.771. The highest BCUT2D eigenvalue weighted by Gasteiger charge is 2.20. The topological polar surface area (TPSA) is 41.5 Å². The van der Waals surface area contributed by atoms with E-state index in [0.29, 0.717) is 6.61 Å². The molecule has 0 radical (unpaired) electrons. The molecule has 3 heteroatoms. The van der Waals surface area contributed by atoms with E-state index in [4.69, 9.17) is 4.74 Å². The lowest BCUT2D eigenvalue weighted by Gasteiger charge is -2.26. The maximum absolute atomic E-state index is 9.26. The van der Waals surface area contributed by atoms with E-state index in [1.807, 2.05) is 27.0 Å². The molecule has 3 nitrogen and oxygen atoms in total. The summed E-state index contributed by atoms with van der Waals surface area (Å²) in [7, 11) is 1.86. The Morgan fingerprint density at radius 1 is 1.35 bits per heavy atom. The molecule has 1 rings (SSSR count). The van der Waals surface area contributed by atoms with E-state index in [2.05, 4.69) is 24.4 Å². The zero-order chi connectivity index (χ0) is 12.9. The lowest BCUT2D eigenvalue weighted by Crippen LogP contribution is -2.44. The standard InChI is InChI=1S/C14H23NO2/c1-11-5-6-12(2)13(9-11)17-8-7-14(3,10-16)15-4/h5-6,9,15-16H,7-8,10H2,1-4H3. The van der Waals surface area contributed by atoms with Crippen molar-refractivity contribution < 1.29 is 9.84 Å². The molecule has 2 N–H and O–H groups in total. The molecular formula is C14H23NO2. The van der Waals surface area contributed by atoms with Gasteiger partial charge in [0.05, 0.1) is 13.2 Å². The summed E-state index contributed by atoms with van der Waals surface area (Å²) < 4.78 is 5.77. The van der Waals surface area contributed by atoms with E-state index in [9.17, 15) is 5.11 Å². The first kappa shape index (κ1) is 14.0. The number of likely N-dealkylation sites (N-methyl/N-ethyl adjacent to an activating group) is 1. The summed E-state index contributed by atoms with van der Waals surface area (Å²) in [5.41, 5.74) is 2.08. The van der Waals surface area contributed by atoms with Gasteiger partial charge in [-0.1, -0.05) is 12.1 Å². The Morgan fingerprint density at radius 3 is 2.65 bits per heavy atom. The number of hydrogen-bond acceptors (Lipinski definition) is 3. The molecule has 1 unspecified atom stereocenters. The first-order valence-corrected chi connectivity index (χ1v) is 6.00. The summed E-state index contributed by atoms with van der Waals surface area (Å²) >= 11 is 0.